The number of carbonyl (C=O) groups excluding carboxylic acids is 1. The van der Waals surface area contributed by atoms with E-state index in [1.54, 1.807) is 12.1 Å². The van der Waals surface area contributed by atoms with Gasteiger partial charge < -0.3 is 4.74 Å². The molecule has 3 aromatic carbocycles. The van der Waals surface area contributed by atoms with Crippen LogP contribution >= 0.6 is 12.2 Å². The zero-order chi connectivity index (χ0) is 21.3. The zero-order valence-corrected chi connectivity index (χ0v) is 17.5. The first kappa shape index (κ1) is 21.6. The largest absolute Gasteiger partial charge is 0.423 e. The van der Waals surface area contributed by atoms with Gasteiger partial charge in [-0.1, -0.05) is 56.2 Å². The number of carbonyl (C=O) groups is 1. The van der Waals surface area contributed by atoms with Crippen LogP contribution in [0, 0.1) is 5.82 Å². The van der Waals surface area contributed by atoms with E-state index >= 15 is 0 Å². The monoisotopic (exact) mass is 419 g/mol. The lowest BCUT2D eigenvalue weighted by molar-refractivity contribution is 0.0734. The lowest BCUT2D eigenvalue weighted by Crippen LogP contribution is -2.08. The number of ether oxygens (including phenoxy) is 1. The van der Waals surface area contributed by atoms with Crippen molar-refractivity contribution in [1.82, 2.24) is 0 Å². The minimum absolute atomic E-state index is 0.0468. The molecule has 0 fully saturated rings. The van der Waals surface area contributed by atoms with E-state index in [1.807, 2.05) is 12.1 Å². The van der Waals surface area contributed by atoms with E-state index in [2.05, 4.69) is 53.6 Å². The van der Waals surface area contributed by atoms with Gasteiger partial charge in [-0.25, -0.2) is 9.18 Å². The molecule has 30 heavy (non-hydrogen) atoms. The van der Waals surface area contributed by atoms with Crippen molar-refractivity contribution in [2.45, 2.75) is 32.6 Å². The molecule has 3 nitrogen and oxygen atoms in total. The van der Waals surface area contributed by atoms with Gasteiger partial charge in [0.15, 0.2) is 5.82 Å². The number of rotatable bonds is 8. The van der Waals surface area contributed by atoms with Crippen LogP contribution in [0.4, 0.5) is 10.1 Å². The van der Waals surface area contributed by atoms with Crippen molar-refractivity contribution < 1.29 is 13.9 Å². The quantitative estimate of drug-likeness (QED) is 0.128. The minimum atomic E-state index is -0.633. The molecule has 0 saturated heterocycles. The number of nitrogens with zero attached hydrogens (tertiary/aromatic N) is 1. The standard InChI is InChI=1S/C25H22FNO2S/c1-2-3-4-5-18-6-8-19(9-7-18)20-10-12-21(13-11-20)25(28)29-22-14-15-24(27-17-30)23(26)16-22/h6-16H,2-5H2,1H3. The normalized spacial score (nSPS) is 10.3. The van der Waals surface area contributed by atoms with Crippen LogP contribution in [-0.4, -0.2) is 11.1 Å². The smallest absolute Gasteiger partial charge is 0.343 e. The molecule has 152 valence electrons. The Bertz CT molecular complexity index is 1060. The Hall–Kier alpha value is -3.14. The van der Waals surface area contributed by atoms with Gasteiger partial charge >= 0.3 is 5.97 Å². The summed E-state index contributed by atoms with van der Waals surface area (Å²) in [7, 11) is 0. The lowest BCUT2D eigenvalue weighted by Gasteiger charge is -2.07. The Morgan fingerprint density at radius 1 is 1.00 bits per heavy atom. The van der Waals surface area contributed by atoms with Crippen molar-refractivity contribution in [3.8, 4) is 16.9 Å². The number of esters is 1. The topological polar surface area (TPSA) is 38.7 Å². The van der Waals surface area contributed by atoms with Crippen LogP contribution in [-0.2, 0) is 6.42 Å². The molecule has 0 aliphatic heterocycles. The average Bonchev–Trinajstić information content (AvgIpc) is 2.76. The predicted octanol–water partition coefficient (Wildman–Crippen LogP) is 7.18. The maximum absolute atomic E-state index is 13.9. The molecule has 5 heteroatoms. The molecule has 0 atom stereocenters. The van der Waals surface area contributed by atoms with Crippen LogP contribution < -0.4 is 4.74 Å². The first-order valence-corrected chi connectivity index (χ1v) is 10.3. The molecule has 0 saturated carbocycles. The fraction of sp³-hybridized carbons (Fsp3) is 0.200. The highest BCUT2D eigenvalue weighted by Gasteiger charge is 2.11. The van der Waals surface area contributed by atoms with Gasteiger partial charge in [-0.2, -0.15) is 4.99 Å². The van der Waals surface area contributed by atoms with E-state index in [-0.39, 0.29) is 11.4 Å². The SMILES string of the molecule is CCCCCc1ccc(-c2ccc(C(=O)Oc3ccc(N=C=S)c(F)c3)cc2)cc1. The second kappa shape index (κ2) is 10.6. The molecular weight excluding hydrogens is 397 g/mol. The molecular formula is C25H22FNO2S. The van der Waals surface area contributed by atoms with Crippen molar-refractivity contribution in [2.24, 2.45) is 4.99 Å². The summed E-state index contributed by atoms with van der Waals surface area (Å²) in [6.07, 6.45) is 4.77. The molecule has 0 amide bonds. The summed E-state index contributed by atoms with van der Waals surface area (Å²) in [4.78, 5) is 16.0. The maximum Gasteiger partial charge on any atom is 0.343 e. The van der Waals surface area contributed by atoms with Gasteiger partial charge in [-0.15, -0.1) is 0 Å². The fourth-order valence-corrected chi connectivity index (χ4v) is 3.20. The van der Waals surface area contributed by atoms with Crippen LogP contribution in [0.3, 0.4) is 0 Å². The van der Waals surface area contributed by atoms with Gasteiger partial charge in [0.25, 0.3) is 0 Å². The maximum atomic E-state index is 13.9. The summed E-state index contributed by atoms with van der Waals surface area (Å²) in [6, 6.07) is 19.6. The lowest BCUT2D eigenvalue weighted by atomic mass is 10.0. The van der Waals surface area contributed by atoms with Crippen LogP contribution in [0.15, 0.2) is 71.7 Å². The number of aryl methyl sites for hydroxylation is 1. The molecule has 3 aromatic rings. The van der Waals surface area contributed by atoms with E-state index in [9.17, 15) is 9.18 Å². The Labute approximate surface area is 181 Å². The number of thiocarbonyl (C=S) groups is 1. The van der Waals surface area contributed by atoms with Crippen molar-refractivity contribution >= 4 is 29.0 Å². The van der Waals surface area contributed by atoms with Gasteiger partial charge in [-0.3, -0.25) is 0 Å². The van der Waals surface area contributed by atoms with Crippen molar-refractivity contribution in [2.75, 3.05) is 0 Å². The van der Waals surface area contributed by atoms with Gasteiger partial charge in [-0.05, 0) is 66.0 Å². The van der Waals surface area contributed by atoms with Gasteiger partial charge in [0.1, 0.15) is 11.4 Å². The molecule has 0 radical (unpaired) electrons. The number of isothiocyanates is 1. The minimum Gasteiger partial charge on any atom is -0.423 e. The van der Waals surface area contributed by atoms with Crippen molar-refractivity contribution in [3.63, 3.8) is 0 Å². The number of halogens is 1. The van der Waals surface area contributed by atoms with Gasteiger partial charge in [0, 0.05) is 6.07 Å². The molecule has 3 rings (SSSR count). The second-order valence-corrected chi connectivity index (χ2v) is 7.12. The summed E-state index contributed by atoms with van der Waals surface area (Å²) in [5, 5.41) is 2.10. The van der Waals surface area contributed by atoms with Crippen LogP contribution in [0.5, 0.6) is 5.75 Å². The summed E-state index contributed by atoms with van der Waals surface area (Å²) >= 11 is 4.47. The zero-order valence-electron chi connectivity index (χ0n) is 16.7. The first-order chi connectivity index (χ1) is 14.6. The Balaban J connectivity index is 1.65. The van der Waals surface area contributed by atoms with Gasteiger partial charge in [0.05, 0.1) is 10.7 Å². The van der Waals surface area contributed by atoms with E-state index < -0.39 is 11.8 Å². The highest BCUT2D eigenvalue weighted by atomic mass is 32.1. The summed E-state index contributed by atoms with van der Waals surface area (Å²) in [5.74, 6) is -1.09. The third-order valence-corrected chi connectivity index (χ3v) is 4.86. The van der Waals surface area contributed by atoms with E-state index in [4.69, 9.17) is 4.74 Å². The molecule has 0 aliphatic rings. The third-order valence-electron chi connectivity index (χ3n) is 4.77. The highest BCUT2D eigenvalue weighted by Crippen LogP contribution is 2.24. The average molecular weight is 420 g/mol. The number of hydrogen-bond donors (Lipinski definition) is 0. The van der Waals surface area contributed by atoms with Crippen molar-refractivity contribution in [1.29, 1.82) is 0 Å². The predicted molar refractivity (Wildman–Crippen MR) is 121 cm³/mol. The third kappa shape index (κ3) is 5.69. The highest BCUT2D eigenvalue weighted by molar-refractivity contribution is 7.78. The molecule has 0 aromatic heterocycles. The number of unbranched alkanes of at least 4 members (excludes halogenated alkanes) is 2. The number of hydrogen-bond acceptors (Lipinski definition) is 4. The number of aliphatic imine (C=N–C) groups is 1. The Morgan fingerprint density at radius 2 is 1.67 bits per heavy atom. The van der Waals surface area contributed by atoms with E-state index in [1.165, 1.54) is 37.0 Å². The summed E-state index contributed by atoms with van der Waals surface area (Å²) in [6.45, 7) is 2.20. The van der Waals surface area contributed by atoms with Crippen LogP contribution in [0.25, 0.3) is 11.1 Å². The summed E-state index contributed by atoms with van der Waals surface area (Å²) < 4.78 is 19.1. The molecule has 0 heterocycles. The van der Waals surface area contributed by atoms with Crippen LogP contribution in [0.1, 0.15) is 42.1 Å². The fourth-order valence-electron chi connectivity index (χ4n) is 3.10. The second-order valence-electron chi connectivity index (χ2n) is 6.94. The van der Waals surface area contributed by atoms with Crippen LogP contribution in [0.2, 0.25) is 0 Å². The Morgan fingerprint density at radius 3 is 2.27 bits per heavy atom. The molecule has 0 aliphatic carbocycles. The van der Waals surface area contributed by atoms with E-state index in [0.29, 0.717) is 5.56 Å². The molecule has 0 N–H and O–H groups in total. The molecule has 0 bridgehead atoms. The van der Waals surface area contributed by atoms with Gasteiger partial charge in [0.2, 0.25) is 0 Å². The Kier molecular flexibility index (Phi) is 7.61. The molecule has 0 unspecified atom stereocenters. The van der Waals surface area contributed by atoms with E-state index in [0.717, 1.165) is 23.6 Å². The molecule has 0 spiro atoms. The first-order valence-electron chi connectivity index (χ1n) is 9.89. The summed E-state index contributed by atoms with van der Waals surface area (Å²) in [5.41, 5.74) is 3.87. The van der Waals surface area contributed by atoms with Crippen molar-refractivity contribution in [3.05, 3.63) is 83.7 Å². The number of benzene rings is 3.